The number of rotatable bonds is 3. The van der Waals surface area contributed by atoms with Crippen LogP contribution in [0, 0.1) is 0 Å². The van der Waals surface area contributed by atoms with Crippen molar-refractivity contribution >= 4 is 23.8 Å². The molecule has 0 unspecified atom stereocenters. The highest BCUT2D eigenvalue weighted by Gasteiger charge is 2.24. The average Bonchev–Trinajstić information content (AvgIpc) is 2.79. The van der Waals surface area contributed by atoms with Crippen LogP contribution in [0.25, 0.3) is 0 Å². The number of ether oxygens (including phenoxy) is 2. The molecule has 2 amide bonds. The number of carbonyl (C=O) groups excluding carboxylic acids is 2. The van der Waals surface area contributed by atoms with Gasteiger partial charge in [0.15, 0.2) is 0 Å². The summed E-state index contributed by atoms with van der Waals surface area (Å²) in [5, 5.41) is 3.37. The number of likely N-dealkylation sites (tertiary alicyclic amines) is 1. The first-order valence-corrected chi connectivity index (χ1v) is 7.97. The third-order valence-corrected chi connectivity index (χ3v) is 4.11. The van der Waals surface area contributed by atoms with Crippen LogP contribution in [0.3, 0.4) is 0 Å². The van der Waals surface area contributed by atoms with Gasteiger partial charge in [0.25, 0.3) is 0 Å². The van der Waals surface area contributed by atoms with E-state index in [4.69, 9.17) is 21.1 Å². The van der Waals surface area contributed by atoms with Gasteiger partial charge in [-0.25, -0.2) is 9.59 Å². The second-order valence-corrected chi connectivity index (χ2v) is 5.83. The maximum atomic E-state index is 11.9. The van der Waals surface area contributed by atoms with E-state index in [-0.39, 0.29) is 18.7 Å². The number of carbonyl (C=O) groups is 2. The summed E-state index contributed by atoms with van der Waals surface area (Å²) < 4.78 is 9.95. The number of nitrogens with one attached hydrogen (secondary N) is 1. The topological polar surface area (TPSA) is 67.9 Å². The number of methoxy groups -OCH3 is 1. The molecule has 126 valence electrons. The first-order chi connectivity index (χ1) is 11.1. The number of hydrogen-bond acceptors (Lipinski definition) is 4. The van der Waals surface area contributed by atoms with Crippen LogP contribution < -0.4 is 5.32 Å². The zero-order chi connectivity index (χ0) is 16.7. The number of nitrogens with zero attached hydrogens (tertiary/aromatic N) is 1. The first-order valence-electron chi connectivity index (χ1n) is 7.59. The number of alkyl carbamates (subject to hydrolysis) is 1. The van der Waals surface area contributed by atoms with Crippen molar-refractivity contribution in [3.8, 4) is 0 Å². The molecule has 0 saturated carbocycles. The Morgan fingerprint density at radius 3 is 2.87 bits per heavy atom. The Balaban J connectivity index is 1.84. The van der Waals surface area contributed by atoms with Gasteiger partial charge in [0.1, 0.15) is 6.61 Å². The molecule has 7 heteroatoms. The fourth-order valence-electron chi connectivity index (χ4n) is 2.52. The molecular formula is C16H21ClN2O4. The minimum Gasteiger partial charge on any atom is -0.453 e. The highest BCUT2D eigenvalue weighted by Crippen LogP contribution is 2.16. The van der Waals surface area contributed by atoms with E-state index in [1.54, 1.807) is 17.0 Å². The Kier molecular flexibility index (Phi) is 6.52. The lowest BCUT2D eigenvalue weighted by Gasteiger charge is -2.23. The van der Waals surface area contributed by atoms with E-state index < -0.39 is 6.09 Å². The third kappa shape index (κ3) is 5.32. The van der Waals surface area contributed by atoms with Gasteiger partial charge >= 0.3 is 12.2 Å². The van der Waals surface area contributed by atoms with Gasteiger partial charge < -0.3 is 19.7 Å². The summed E-state index contributed by atoms with van der Waals surface area (Å²) in [6.07, 6.45) is 1.74. The maximum Gasteiger partial charge on any atom is 0.409 e. The van der Waals surface area contributed by atoms with Crippen LogP contribution in [-0.4, -0.2) is 43.3 Å². The Morgan fingerprint density at radius 2 is 2.13 bits per heavy atom. The van der Waals surface area contributed by atoms with Gasteiger partial charge in [0.2, 0.25) is 0 Å². The van der Waals surface area contributed by atoms with Crippen LogP contribution in [-0.2, 0) is 16.1 Å². The molecule has 2 rings (SSSR count). The van der Waals surface area contributed by atoms with Crippen molar-refractivity contribution in [3.05, 3.63) is 34.9 Å². The number of halogens is 1. The summed E-state index contributed by atoms with van der Waals surface area (Å²) in [6, 6.07) is 7.06. The van der Waals surface area contributed by atoms with Gasteiger partial charge in [-0.15, -0.1) is 0 Å². The molecule has 1 aliphatic heterocycles. The molecule has 1 fully saturated rings. The molecule has 0 aromatic heterocycles. The standard InChI is InChI=1S/C16H21ClN2O4/c1-22-16(21)19-9-5-4-7-13(10-19)18-15(20)23-11-12-6-2-3-8-14(12)17/h2-3,6,8,13H,4-5,7,9-11H2,1H3,(H,18,20)/t13-/m0/s1. The SMILES string of the molecule is COC(=O)N1CCCC[C@H](NC(=O)OCc2ccccc2Cl)C1. The van der Waals surface area contributed by atoms with Crippen LogP contribution in [0.4, 0.5) is 9.59 Å². The molecule has 1 aliphatic rings. The monoisotopic (exact) mass is 340 g/mol. The van der Waals surface area contributed by atoms with Crippen molar-refractivity contribution in [1.82, 2.24) is 10.2 Å². The smallest absolute Gasteiger partial charge is 0.409 e. The highest BCUT2D eigenvalue weighted by molar-refractivity contribution is 6.31. The van der Waals surface area contributed by atoms with Crippen molar-refractivity contribution in [2.75, 3.05) is 20.2 Å². The van der Waals surface area contributed by atoms with Crippen molar-refractivity contribution in [2.24, 2.45) is 0 Å². The molecule has 0 bridgehead atoms. The average molecular weight is 341 g/mol. The van der Waals surface area contributed by atoms with Crippen LogP contribution in [0.1, 0.15) is 24.8 Å². The van der Waals surface area contributed by atoms with Crippen LogP contribution in [0.2, 0.25) is 5.02 Å². The lowest BCUT2D eigenvalue weighted by atomic mass is 10.1. The molecular weight excluding hydrogens is 320 g/mol. The highest BCUT2D eigenvalue weighted by atomic mass is 35.5. The Bertz CT molecular complexity index is 553. The molecule has 1 aromatic carbocycles. The van der Waals surface area contributed by atoms with Crippen LogP contribution in [0.5, 0.6) is 0 Å². The number of hydrogen-bond donors (Lipinski definition) is 1. The van der Waals surface area contributed by atoms with Crippen molar-refractivity contribution in [2.45, 2.75) is 31.9 Å². The maximum absolute atomic E-state index is 11.9. The quantitative estimate of drug-likeness (QED) is 0.917. The molecule has 23 heavy (non-hydrogen) atoms. The zero-order valence-electron chi connectivity index (χ0n) is 13.1. The predicted octanol–water partition coefficient (Wildman–Crippen LogP) is 3.19. The molecule has 1 N–H and O–H groups in total. The Hall–Kier alpha value is -1.95. The van der Waals surface area contributed by atoms with Crippen molar-refractivity contribution in [3.63, 3.8) is 0 Å². The van der Waals surface area contributed by atoms with E-state index >= 15 is 0 Å². The van der Waals surface area contributed by atoms with E-state index in [1.807, 2.05) is 12.1 Å². The van der Waals surface area contributed by atoms with E-state index in [0.29, 0.717) is 18.1 Å². The number of benzene rings is 1. The fraction of sp³-hybridized carbons (Fsp3) is 0.500. The summed E-state index contributed by atoms with van der Waals surface area (Å²) in [6.45, 7) is 1.17. The fourth-order valence-corrected chi connectivity index (χ4v) is 2.71. The van der Waals surface area contributed by atoms with E-state index in [2.05, 4.69) is 5.32 Å². The molecule has 0 spiro atoms. The second kappa shape index (κ2) is 8.62. The van der Waals surface area contributed by atoms with E-state index in [1.165, 1.54) is 7.11 Å². The van der Waals surface area contributed by atoms with Gasteiger partial charge in [0.05, 0.1) is 7.11 Å². The molecule has 0 aliphatic carbocycles. The summed E-state index contributed by atoms with van der Waals surface area (Å²) in [5.74, 6) is 0. The van der Waals surface area contributed by atoms with Crippen molar-refractivity contribution < 1.29 is 19.1 Å². The van der Waals surface area contributed by atoms with Crippen LogP contribution in [0.15, 0.2) is 24.3 Å². The molecule has 1 atom stereocenters. The summed E-state index contributed by atoms with van der Waals surface area (Å²) in [7, 11) is 1.35. The predicted molar refractivity (Wildman–Crippen MR) is 86.4 cm³/mol. The molecule has 1 heterocycles. The number of amides is 2. The molecule has 6 nitrogen and oxygen atoms in total. The molecule has 1 aromatic rings. The van der Waals surface area contributed by atoms with Gasteiger partial charge in [0, 0.05) is 29.7 Å². The lowest BCUT2D eigenvalue weighted by Crippen LogP contribution is -2.44. The normalized spacial score (nSPS) is 18.0. The van der Waals surface area contributed by atoms with Gasteiger partial charge in [-0.3, -0.25) is 0 Å². The summed E-state index contributed by atoms with van der Waals surface area (Å²) in [4.78, 5) is 25.2. The summed E-state index contributed by atoms with van der Waals surface area (Å²) in [5.41, 5.74) is 0.751. The third-order valence-electron chi connectivity index (χ3n) is 3.74. The Labute approximate surface area is 140 Å². The minimum absolute atomic E-state index is 0.110. The van der Waals surface area contributed by atoms with Gasteiger partial charge in [-0.2, -0.15) is 0 Å². The zero-order valence-corrected chi connectivity index (χ0v) is 13.8. The van der Waals surface area contributed by atoms with Crippen molar-refractivity contribution in [1.29, 1.82) is 0 Å². The lowest BCUT2D eigenvalue weighted by molar-refractivity contribution is 0.115. The molecule has 0 radical (unpaired) electrons. The van der Waals surface area contributed by atoms with Gasteiger partial charge in [-0.05, 0) is 25.3 Å². The largest absolute Gasteiger partial charge is 0.453 e. The Morgan fingerprint density at radius 1 is 1.35 bits per heavy atom. The second-order valence-electron chi connectivity index (χ2n) is 5.42. The van der Waals surface area contributed by atoms with E-state index in [9.17, 15) is 9.59 Å². The van der Waals surface area contributed by atoms with Crippen LogP contribution >= 0.6 is 11.6 Å². The summed E-state index contributed by atoms with van der Waals surface area (Å²) >= 11 is 6.02. The minimum atomic E-state index is -0.512. The van der Waals surface area contributed by atoms with E-state index in [0.717, 1.165) is 24.8 Å². The van der Waals surface area contributed by atoms with Gasteiger partial charge in [-0.1, -0.05) is 29.8 Å². The first kappa shape index (κ1) is 17.4. The molecule has 1 saturated heterocycles.